The highest BCUT2D eigenvalue weighted by Gasteiger charge is 2.07. The third-order valence-corrected chi connectivity index (χ3v) is 4.23. The largest absolute Gasteiger partial charge is 0.272 e. The zero-order valence-electron chi connectivity index (χ0n) is 10.3. The summed E-state index contributed by atoms with van der Waals surface area (Å²) in [6.07, 6.45) is 0. The van der Waals surface area contributed by atoms with Crippen LogP contribution in [0.2, 0.25) is 5.02 Å². The Hall–Kier alpha value is -1.50. The summed E-state index contributed by atoms with van der Waals surface area (Å²) in [5.74, 6) is -0.379. The molecule has 1 heterocycles. The number of hydrogen-bond acceptors (Lipinski definition) is 4. The van der Waals surface area contributed by atoms with Crippen molar-refractivity contribution in [3.05, 3.63) is 51.7 Å². The maximum Gasteiger partial charge on any atom is 0.270 e. The first-order chi connectivity index (χ1) is 9.65. The molecule has 0 bridgehead atoms. The fraction of sp³-hybridized carbons (Fsp3) is 0.0769. The maximum atomic E-state index is 11.6. The lowest BCUT2D eigenvalue weighted by Gasteiger charge is -2.06. The van der Waals surface area contributed by atoms with E-state index < -0.39 is 0 Å². The molecular weight excluding hydrogens is 316 g/mol. The highest BCUT2D eigenvalue weighted by Crippen LogP contribution is 2.19. The van der Waals surface area contributed by atoms with E-state index in [-0.39, 0.29) is 17.6 Å². The molecule has 0 saturated carbocycles. The molecule has 1 aromatic carbocycles. The summed E-state index contributed by atoms with van der Waals surface area (Å²) in [4.78, 5) is 24.1. The Bertz CT molecular complexity index is 585. The molecule has 0 atom stereocenters. The van der Waals surface area contributed by atoms with Gasteiger partial charge in [-0.05, 0) is 35.7 Å². The summed E-state index contributed by atoms with van der Waals surface area (Å²) in [5.41, 5.74) is 5.26. The van der Waals surface area contributed by atoms with Crippen LogP contribution in [0.25, 0.3) is 0 Å². The Kier molecular flexibility index (Phi) is 5.46. The number of thiophene rings is 1. The minimum atomic E-state index is -0.323. The van der Waals surface area contributed by atoms with E-state index in [9.17, 15) is 9.59 Å². The van der Waals surface area contributed by atoms with E-state index in [2.05, 4.69) is 10.9 Å². The van der Waals surface area contributed by atoms with Gasteiger partial charge in [-0.25, -0.2) is 0 Å². The first-order valence-corrected chi connectivity index (χ1v) is 7.95. The summed E-state index contributed by atoms with van der Waals surface area (Å²) in [6.45, 7) is 0. The van der Waals surface area contributed by atoms with Gasteiger partial charge in [0.05, 0.1) is 11.3 Å². The Morgan fingerprint density at radius 1 is 1.15 bits per heavy atom. The lowest BCUT2D eigenvalue weighted by molar-refractivity contribution is -0.119. The van der Waals surface area contributed by atoms with E-state index in [0.717, 1.165) is 4.90 Å². The van der Waals surface area contributed by atoms with Crippen LogP contribution in [0.15, 0.2) is 46.0 Å². The second kappa shape index (κ2) is 7.33. The summed E-state index contributed by atoms with van der Waals surface area (Å²) in [7, 11) is 0. The molecule has 0 unspecified atom stereocenters. The zero-order chi connectivity index (χ0) is 14.4. The van der Waals surface area contributed by atoms with Gasteiger partial charge >= 0.3 is 0 Å². The van der Waals surface area contributed by atoms with Crippen LogP contribution < -0.4 is 10.9 Å². The minimum Gasteiger partial charge on any atom is -0.272 e. The van der Waals surface area contributed by atoms with Gasteiger partial charge in [-0.2, -0.15) is 11.3 Å². The number of rotatable bonds is 4. The van der Waals surface area contributed by atoms with Gasteiger partial charge in [0, 0.05) is 15.3 Å². The number of nitrogens with one attached hydrogen (secondary N) is 2. The molecule has 0 aliphatic heterocycles. The number of thioether (sulfide) groups is 1. The molecule has 0 saturated heterocycles. The summed E-state index contributed by atoms with van der Waals surface area (Å²) < 4.78 is 0. The van der Waals surface area contributed by atoms with Crippen LogP contribution in [0, 0.1) is 0 Å². The number of carbonyl (C=O) groups excluding carboxylic acids is 2. The van der Waals surface area contributed by atoms with Gasteiger partial charge in [-0.3, -0.25) is 20.4 Å². The molecule has 2 aromatic rings. The molecule has 104 valence electrons. The SMILES string of the molecule is O=C(CSc1ccc(Cl)cc1)NNC(=O)c1ccsc1. The summed E-state index contributed by atoms with van der Waals surface area (Å²) >= 11 is 8.56. The Labute approximate surface area is 129 Å². The molecule has 2 N–H and O–H groups in total. The van der Waals surface area contributed by atoms with Crippen LogP contribution in [0.1, 0.15) is 10.4 Å². The van der Waals surface area contributed by atoms with Crippen molar-refractivity contribution in [2.75, 3.05) is 5.75 Å². The van der Waals surface area contributed by atoms with E-state index in [1.807, 2.05) is 12.1 Å². The summed E-state index contributed by atoms with van der Waals surface area (Å²) in [5, 5.41) is 4.17. The number of halogens is 1. The van der Waals surface area contributed by atoms with Crippen molar-refractivity contribution in [3.8, 4) is 0 Å². The number of hydrazine groups is 1. The van der Waals surface area contributed by atoms with Crippen molar-refractivity contribution in [3.63, 3.8) is 0 Å². The Balaban J connectivity index is 1.73. The second-order valence-corrected chi connectivity index (χ2v) is 6.02. The molecule has 0 aliphatic carbocycles. The van der Waals surface area contributed by atoms with E-state index >= 15 is 0 Å². The van der Waals surface area contributed by atoms with Crippen LogP contribution in [0.3, 0.4) is 0 Å². The number of amides is 2. The van der Waals surface area contributed by atoms with Crippen LogP contribution >= 0.6 is 34.7 Å². The van der Waals surface area contributed by atoms with Crippen molar-refractivity contribution in [2.24, 2.45) is 0 Å². The van der Waals surface area contributed by atoms with Crippen molar-refractivity contribution >= 4 is 46.5 Å². The van der Waals surface area contributed by atoms with Crippen LogP contribution in [0.5, 0.6) is 0 Å². The molecule has 2 amide bonds. The highest BCUT2D eigenvalue weighted by molar-refractivity contribution is 8.00. The van der Waals surface area contributed by atoms with Crippen LogP contribution in [-0.2, 0) is 4.79 Å². The normalized spacial score (nSPS) is 10.1. The van der Waals surface area contributed by atoms with Crippen molar-refractivity contribution < 1.29 is 9.59 Å². The van der Waals surface area contributed by atoms with Crippen LogP contribution in [0.4, 0.5) is 0 Å². The standard InChI is InChI=1S/C13H11ClN2O2S2/c14-10-1-3-11(4-2-10)20-8-12(17)15-16-13(18)9-5-6-19-7-9/h1-7H,8H2,(H,15,17)(H,16,18). The average molecular weight is 327 g/mol. The van der Waals surface area contributed by atoms with Gasteiger partial charge in [0.2, 0.25) is 5.91 Å². The highest BCUT2D eigenvalue weighted by atomic mass is 35.5. The van der Waals surface area contributed by atoms with Gasteiger partial charge in [0.1, 0.15) is 0 Å². The van der Waals surface area contributed by atoms with Crippen LogP contribution in [-0.4, -0.2) is 17.6 Å². The predicted octanol–water partition coefficient (Wildman–Crippen LogP) is 2.95. The van der Waals surface area contributed by atoms with E-state index in [0.29, 0.717) is 10.6 Å². The Morgan fingerprint density at radius 2 is 1.90 bits per heavy atom. The van der Waals surface area contributed by atoms with E-state index in [4.69, 9.17) is 11.6 Å². The van der Waals surface area contributed by atoms with Gasteiger partial charge in [0.25, 0.3) is 5.91 Å². The molecule has 0 aliphatic rings. The molecule has 0 spiro atoms. The maximum absolute atomic E-state index is 11.6. The second-order valence-electron chi connectivity index (χ2n) is 3.76. The topological polar surface area (TPSA) is 58.2 Å². The third-order valence-electron chi connectivity index (χ3n) is 2.28. The molecular formula is C13H11ClN2O2S2. The number of benzene rings is 1. The first-order valence-electron chi connectivity index (χ1n) is 5.65. The van der Waals surface area contributed by atoms with Gasteiger partial charge < -0.3 is 0 Å². The van der Waals surface area contributed by atoms with Gasteiger partial charge in [-0.15, -0.1) is 11.8 Å². The minimum absolute atomic E-state index is 0.214. The molecule has 2 rings (SSSR count). The lowest BCUT2D eigenvalue weighted by Crippen LogP contribution is -2.42. The monoisotopic (exact) mass is 326 g/mol. The van der Waals surface area contributed by atoms with Crippen molar-refractivity contribution in [1.29, 1.82) is 0 Å². The zero-order valence-corrected chi connectivity index (χ0v) is 12.6. The van der Waals surface area contributed by atoms with Gasteiger partial charge in [0.15, 0.2) is 0 Å². The van der Waals surface area contributed by atoms with Crippen molar-refractivity contribution in [2.45, 2.75) is 4.90 Å². The predicted molar refractivity (Wildman–Crippen MR) is 82.1 cm³/mol. The first kappa shape index (κ1) is 14.9. The quantitative estimate of drug-likeness (QED) is 0.671. The summed E-state index contributed by atoms with van der Waals surface area (Å²) in [6, 6.07) is 8.89. The fourth-order valence-corrected chi connectivity index (χ4v) is 2.77. The molecule has 1 aromatic heterocycles. The number of hydrogen-bond donors (Lipinski definition) is 2. The molecule has 4 nitrogen and oxygen atoms in total. The third kappa shape index (κ3) is 4.56. The fourth-order valence-electron chi connectivity index (χ4n) is 1.31. The molecule has 7 heteroatoms. The molecule has 0 fully saturated rings. The number of carbonyl (C=O) groups is 2. The smallest absolute Gasteiger partial charge is 0.270 e. The Morgan fingerprint density at radius 3 is 2.55 bits per heavy atom. The average Bonchev–Trinajstić information content (AvgIpc) is 2.98. The molecule has 20 heavy (non-hydrogen) atoms. The lowest BCUT2D eigenvalue weighted by atomic mass is 10.3. The van der Waals surface area contributed by atoms with E-state index in [1.165, 1.54) is 23.1 Å². The molecule has 0 radical (unpaired) electrons. The van der Waals surface area contributed by atoms with E-state index in [1.54, 1.807) is 29.0 Å². The van der Waals surface area contributed by atoms with Crippen molar-refractivity contribution in [1.82, 2.24) is 10.9 Å². The van der Waals surface area contributed by atoms with Gasteiger partial charge in [-0.1, -0.05) is 11.6 Å².